The molecule has 0 radical (unpaired) electrons. The summed E-state index contributed by atoms with van der Waals surface area (Å²) in [5, 5.41) is 17.8. The highest BCUT2D eigenvalue weighted by molar-refractivity contribution is 7.14. The molecule has 2 atom stereocenters. The Morgan fingerprint density at radius 3 is 2.69 bits per heavy atom. The van der Waals surface area contributed by atoms with Gasteiger partial charge in [0.2, 0.25) is 11.8 Å². The van der Waals surface area contributed by atoms with Gasteiger partial charge in [-0.25, -0.2) is 0 Å². The van der Waals surface area contributed by atoms with Crippen LogP contribution in [0.2, 0.25) is 0 Å². The van der Waals surface area contributed by atoms with Crippen molar-refractivity contribution in [3.63, 3.8) is 0 Å². The highest BCUT2D eigenvalue weighted by atomic mass is 32.1. The summed E-state index contributed by atoms with van der Waals surface area (Å²) in [6.07, 6.45) is 8.60. The lowest BCUT2D eigenvalue weighted by molar-refractivity contribution is -0.145. The quantitative estimate of drug-likeness (QED) is 0.0873. The van der Waals surface area contributed by atoms with Crippen molar-refractivity contribution in [3.8, 4) is 0 Å². The number of nitrogens with zero attached hydrogens (tertiary/aromatic N) is 2. The van der Waals surface area contributed by atoms with Crippen LogP contribution in [0.3, 0.4) is 0 Å². The van der Waals surface area contributed by atoms with Gasteiger partial charge in [-0.2, -0.15) is 0 Å². The first kappa shape index (κ1) is 27.7. The van der Waals surface area contributed by atoms with Crippen LogP contribution in [0.25, 0.3) is 0 Å². The molecule has 3 rings (SSSR count). The Bertz CT molecular complexity index is 970. The molecule has 1 saturated carbocycles. The van der Waals surface area contributed by atoms with Gasteiger partial charge in [0, 0.05) is 11.4 Å². The van der Waals surface area contributed by atoms with Crippen molar-refractivity contribution in [2.45, 2.75) is 64.6 Å². The van der Waals surface area contributed by atoms with E-state index in [1.54, 1.807) is 23.1 Å². The molecule has 11 heteroatoms. The van der Waals surface area contributed by atoms with Gasteiger partial charge in [0.05, 0.1) is 30.6 Å². The van der Waals surface area contributed by atoms with Crippen molar-refractivity contribution >= 4 is 35.0 Å². The molecule has 1 aliphatic heterocycles. The highest BCUT2D eigenvalue weighted by Gasteiger charge is 2.38. The predicted octanol–water partition coefficient (Wildman–Crippen LogP) is 1.96. The Morgan fingerprint density at radius 2 is 2.00 bits per heavy atom. The normalized spacial score (nSPS) is 19.5. The van der Waals surface area contributed by atoms with E-state index in [9.17, 15) is 14.4 Å². The van der Waals surface area contributed by atoms with Crippen molar-refractivity contribution in [3.05, 3.63) is 34.0 Å². The number of amides is 2. The van der Waals surface area contributed by atoms with Crippen molar-refractivity contribution in [2.24, 2.45) is 22.7 Å². The zero-order chi connectivity index (χ0) is 26.1. The zero-order valence-corrected chi connectivity index (χ0v) is 21.8. The summed E-state index contributed by atoms with van der Waals surface area (Å²) in [6, 6.07) is 2.25. The molecule has 1 aromatic rings. The van der Waals surface area contributed by atoms with Gasteiger partial charge in [0.15, 0.2) is 5.84 Å². The van der Waals surface area contributed by atoms with Crippen molar-refractivity contribution in [1.29, 1.82) is 0 Å². The molecule has 1 unspecified atom stereocenters. The number of rotatable bonds is 11. The Morgan fingerprint density at radius 1 is 1.25 bits per heavy atom. The summed E-state index contributed by atoms with van der Waals surface area (Å²) in [6.45, 7) is 4.84. The predicted molar refractivity (Wildman–Crippen MR) is 137 cm³/mol. The average Bonchev–Trinajstić information content (AvgIpc) is 3.56. The van der Waals surface area contributed by atoms with Crippen LogP contribution < -0.4 is 16.4 Å². The van der Waals surface area contributed by atoms with Gasteiger partial charge in [-0.3, -0.25) is 19.7 Å². The largest absolute Gasteiger partial charge is 0.464 e. The van der Waals surface area contributed by atoms with E-state index in [-0.39, 0.29) is 48.5 Å². The summed E-state index contributed by atoms with van der Waals surface area (Å²) < 4.78 is 5.27. The fourth-order valence-electron chi connectivity index (χ4n) is 4.52. The molecule has 2 amide bonds. The summed E-state index contributed by atoms with van der Waals surface area (Å²) in [7, 11) is 0. The standard InChI is InChI=1S/C25H37N5O5S/c1-16(2)15-35-21(31)14-27-22(17-7-4-3-5-8-17)25(33)30-12-6-9-19(30)24(32)28-13-18-10-11-20(36-18)23(26)29-34/h6,9-11,16-17,19,22,27,34H,3-5,7-8,12-15H2,1-2H3,(H2,26,29)(H,28,32)/t19?,22-/m0/s1. The Balaban J connectivity index is 1.62. The molecule has 198 valence electrons. The number of nitrogens with two attached hydrogens (primary N) is 1. The molecule has 0 aromatic carbocycles. The second kappa shape index (κ2) is 13.4. The number of hydrogen-bond donors (Lipinski definition) is 4. The second-order valence-corrected chi connectivity index (χ2v) is 10.8. The molecule has 0 spiro atoms. The molecule has 1 aliphatic carbocycles. The van der Waals surface area contributed by atoms with Crippen LogP contribution >= 0.6 is 11.3 Å². The van der Waals surface area contributed by atoms with Crippen LogP contribution in [0.1, 0.15) is 55.7 Å². The maximum atomic E-state index is 13.7. The van der Waals surface area contributed by atoms with Crippen molar-refractivity contribution in [1.82, 2.24) is 15.5 Å². The van der Waals surface area contributed by atoms with E-state index in [2.05, 4.69) is 15.8 Å². The Labute approximate surface area is 215 Å². The fourth-order valence-corrected chi connectivity index (χ4v) is 5.37. The summed E-state index contributed by atoms with van der Waals surface area (Å²) in [5.74, 6) is -0.475. The minimum absolute atomic E-state index is 0.0161. The molecular weight excluding hydrogens is 482 g/mol. The number of esters is 1. The molecule has 5 N–H and O–H groups in total. The molecule has 0 bridgehead atoms. The first-order valence-corrected chi connectivity index (χ1v) is 13.3. The van der Waals surface area contributed by atoms with Crippen molar-refractivity contribution < 1.29 is 24.3 Å². The molecule has 2 heterocycles. The van der Waals surface area contributed by atoms with Crippen LogP contribution in [0.15, 0.2) is 29.4 Å². The van der Waals surface area contributed by atoms with Crippen LogP contribution in [0, 0.1) is 11.8 Å². The molecule has 2 aliphatic rings. The van der Waals surface area contributed by atoms with E-state index in [1.807, 2.05) is 19.9 Å². The van der Waals surface area contributed by atoms with Gasteiger partial charge in [-0.05, 0) is 36.8 Å². The van der Waals surface area contributed by atoms with Gasteiger partial charge in [-0.1, -0.05) is 50.4 Å². The second-order valence-electron chi connectivity index (χ2n) is 9.67. The number of hydrogen-bond acceptors (Lipinski definition) is 8. The highest BCUT2D eigenvalue weighted by Crippen LogP contribution is 2.28. The van der Waals surface area contributed by atoms with Gasteiger partial charge < -0.3 is 25.9 Å². The number of oxime groups is 1. The third kappa shape index (κ3) is 7.54. The maximum Gasteiger partial charge on any atom is 0.319 e. The maximum absolute atomic E-state index is 13.7. The van der Waals surface area contributed by atoms with Crippen LogP contribution in [-0.2, 0) is 25.7 Å². The van der Waals surface area contributed by atoms with Crippen LogP contribution in [0.5, 0.6) is 0 Å². The number of carbonyl (C=O) groups is 3. The fraction of sp³-hybridized carbons (Fsp3) is 0.600. The summed E-state index contributed by atoms with van der Waals surface area (Å²) in [4.78, 5) is 41.9. The Kier molecular flexibility index (Phi) is 10.3. The van der Waals surface area contributed by atoms with E-state index in [0.29, 0.717) is 18.0 Å². The third-order valence-electron chi connectivity index (χ3n) is 6.40. The van der Waals surface area contributed by atoms with E-state index in [1.165, 1.54) is 11.3 Å². The molecule has 1 fully saturated rings. The molecule has 10 nitrogen and oxygen atoms in total. The first-order chi connectivity index (χ1) is 17.3. The summed E-state index contributed by atoms with van der Waals surface area (Å²) in [5.41, 5.74) is 5.61. The van der Waals surface area contributed by atoms with E-state index >= 15 is 0 Å². The lowest BCUT2D eigenvalue weighted by Crippen LogP contribution is -2.56. The number of ether oxygens (including phenoxy) is 1. The minimum atomic E-state index is -0.721. The zero-order valence-electron chi connectivity index (χ0n) is 20.9. The number of thiophene rings is 1. The average molecular weight is 520 g/mol. The van der Waals surface area contributed by atoms with Gasteiger partial charge in [0.25, 0.3) is 0 Å². The SMILES string of the molecule is CC(C)COC(=O)CN[C@H](C(=O)N1CC=CC1C(=O)NCc1ccc(/C(N)=N/O)s1)C1CCCCC1. The molecule has 36 heavy (non-hydrogen) atoms. The number of nitrogens with one attached hydrogen (secondary N) is 2. The van der Waals surface area contributed by atoms with E-state index < -0.39 is 12.1 Å². The van der Waals surface area contributed by atoms with Gasteiger partial charge in [-0.15, -0.1) is 11.3 Å². The van der Waals surface area contributed by atoms with Crippen molar-refractivity contribution in [2.75, 3.05) is 19.7 Å². The van der Waals surface area contributed by atoms with Gasteiger partial charge >= 0.3 is 5.97 Å². The third-order valence-corrected chi connectivity index (χ3v) is 7.51. The van der Waals surface area contributed by atoms with Crippen LogP contribution in [0.4, 0.5) is 0 Å². The van der Waals surface area contributed by atoms with E-state index in [4.69, 9.17) is 15.7 Å². The van der Waals surface area contributed by atoms with E-state index in [0.717, 1.165) is 37.0 Å². The van der Waals surface area contributed by atoms with Crippen LogP contribution in [-0.4, -0.2) is 65.5 Å². The molecule has 1 aromatic heterocycles. The lowest BCUT2D eigenvalue weighted by atomic mass is 9.83. The molecular formula is C25H37N5O5S. The minimum Gasteiger partial charge on any atom is -0.464 e. The Hall–Kier alpha value is -2.92. The topological polar surface area (TPSA) is 146 Å². The number of amidine groups is 1. The first-order valence-electron chi connectivity index (χ1n) is 12.5. The molecule has 0 saturated heterocycles. The smallest absolute Gasteiger partial charge is 0.319 e. The number of carbonyl (C=O) groups excluding carboxylic acids is 3. The van der Waals surface area contributed by atoms with Gasteiger partial charge in [0.1, 0.15) is 6.04 Å². The monoisotopic (exact) mass is 519 g/mol. The summed E-state index contributed by atoms with van der Waals surface area (Å²) >= 11 is 1.31. The lowest BCUT2D eigenvalue weighted by Gasteiger charge is -2.34.